The highest BCUT2D eigenvalue weighted by molar-refractivity contribution is 6.52. The average molecular weight is 373 g/mol. The number of ether oxygens (including phenoxy) is 2. The molecule has 1 amide bonds. The topological polar surface area (TPSA) is 55.8 Å². The molecular weight excluding hydrogens is 354 g/mol. The van der Waals surface area contributed by atoms with Gasteiger partial charge in [0.1, 0.15) is 11.5 Å². The number of nitrogens with zero attached hydrogens (tertiary/aromatic N) is 1. The van der Waals surface area contributed by atoms with Gasteiger partial charge in [0.05, 0.1) is 32.0 Å². The average Bonchev–Trinajstić information content (AvgIpc) is 2.99. The molecule has 1 heterocycles. The van der Waals surface area contributed by atoms with Crippen molar-refractivity contribution < 1.29 is 19.1 Å². The van der Waals surface area contributed by atoms with Crippen LogP contribution in [0.1, 0.15) is 15.9 Å². The zero-order valence-corrected chi connectivity index (χ0v) is 15.6. The lowest BCUT2D eigenvalue weighted by molar-refractivity contribution is -0.114. The van der Waals surface area contributed by atoms with E-state index < -0.39 is 11.7 Å². The minimum Gasteiger partial charge on any atom is -0.497 e. The summed E-state index contributed by atoms with van der Waals surface area (Å²) in [6.07, 6.45) is 0. The van der Waals surface area contributed by atoms with Crippen LogP contribution < -0.4 is 14.4 Å². The van der Waals surface area contributed by atoms with Crippen LogP contribution in [0.5, 0.6) is 11.5 Å². The number of hydrogen-bond donors (Lipinski definition) is 0. The zero-order valence-electron chi connectivity index (χ0n) is 15.6. The summed E-state index contributed by atoms with van der Waals surface area (Å²) in [5.41, 5.74) is 3.95. The first-order valence-corrected chi connectivity index (χ1v) is 8.89. The second-order valence-electron chi connectivity index (χ2n) is 6.51. The first-order chi connectivity index (χ1) is 13.6. The van der Waals surface area contributed by atoms with Crippen molar-refractivity contribution in [1.29, 1.82) is 0 Å². The molecule has 0 atom stereocenters. The Balaban J connectivity index is 1.66. The fourth-order valence-electron chi connectivity index (χ4n) is 3.41. The Morgan fingerprint density at radius 1 is 0.821 bits per heavy atom. The van der Waals surface area contributed by atoms with Crippen molar-refractivity contribution in [2.45, 2.75) is 6.54 Å². The van der Waals surface area contributed by atoms with Crippen LogP contribution in [0.3, 0.4) is 0 Å². The van der Waals surface area contributed by atoms with Crippen LogP contribution in [0.2, 0.25) is 0 Å². The third-order valence-electron chi connectivity index (χ3n) is 4.87. The molecule has 5 nitrogen and oxygen atoms in total. The molecule has 4 rings (SSSR count). The van der Waals surface area contributed by atoms with Gasteiger partial charge in [0.25, 0.3) is 11.7 Å². The molecule has 0 radical (unpaired) electrons. The standard InChI is InChI=1S/C23H19NO4/c1-27-18-12-19-21(20(13-18)28-2)22(25)23(26)24(19)14-15-8-10-17(11-9-15)16-6-4-3-5-7-16/h3-13H,14H2,1-2H3. The summed E-state index contributed by atoms with van der Waals surface area (Å²) in [5, 5.41) is 0. The maximum Gasteiger partial charge on any atom is 0.299 e. The summed E-state index contributed by atoms with van der Waals surface area (Å²) in [6, 6.07) is 21.3. The Morgan fingerprint density at radius 2 is 1.50 bits per heavy atom. The van der Waals surface area contributed by atoms with Gasteiger partial charge in [-0.15, -0.1) is 0 Å². The lowest BCUT2D eigenvalue weighted by atomic mass is 10.0. The highest BCUT2D eigenvalue weighted by atomic mass is 16.5. The van der Waals surface area contributed by atoms with Crippen LogP contribution in [0, 0.1) is 0 Å². The molecule has 0 fully saturated rings. The van der Waals surface area contributed by atoms with E-state index in [1.807, 2.05) is 54.6 Å². The van der Waals surface area contributed by atoms with E-state index in [1.54, 1.807) is 12.1 Å². The van der Waals surface area contributed by atoms with E-state index in [4.69, 9.17) is 9.47 Å². The van der Waals surface area contributed by atoms with E-state index in [0.717, 1.165) is 16.7 Å². The second-order valence-corrected chi connectivity index (χ2v) is 6.51. The number of anilines is 1. The summed E-state index contributed by atoms with van der Waals surface area (Å²) in [5.74, 6) is -0.249. The number of hydrogen-bond acceptors (Lipinski definition) is 4. The monoisotopic (exact) mass is 373 g/mol. The largest absolute Gasteiger partial charge is 0.497 e. The van der Waals surface area contributed by atoms with Crippen molar-refractivity contribution >= 4 is 17.4 Å². The molecule has 140 valence electrons. The lowest BCUT2D eigenvalue weighted by Crippen LogP contribution is -2.29. The fraction of sp³-hybridized carbons (Fsp3) is 0.130. The Hall–Kier alpha value is -3.60. The molecular formula is C23H19NO4. The number of Topliss-reactive ketones (excluding diaryl/α,β-unsaturated/α-hetero) is 1. The zero-order chi connectivity index (χ0) is 19.7. The van der Waals surface area contributed by atoms with E-state index in [2.05, 4.69) is 0 Å². The summed E-state index contributed by atoms with van der Waals surface area (Å²) in [7, 11) is 3.00. The number of fused-ring (bicyclic) bond motifs is 1. The van der Waals surface area contributed by atoms with E-state index in [1.165, 1.54) is 19.1 Å². The van der Waals surface area contributed by atoms with Gasteiger partial charge in [-0.3, -0.25) is 9.59 Å². The number of amides is 1. The molecule has 0 bridgehead atoms. The smallest absolute Gasteiger partial charge is 0.299 e. The van der Waals surface area contributed by atoms with Crippen molar-refractivity contribution in [2.75, 3.05) is 19.1 Å². The van der Waals surface area contributed by atoms with Gasteiger partial charge in [0.15, 0.2) is 0 Å². The van der Waals surface area contributed by atoms with Crippen molar-refractivity contribution in [3.05, 3.63) is 77.9 Å². The highest BCUT2D eigenvalue weighted by Gasteiger charge is 2.39. The maximum atomic E-state index is 12.6. The quantitative estimate of drug-likeness (QED) is 0.632. The second kappa shape index (κ2) is 7.19. The first-order valence-electron chi connectivity index (χ1n) is 8.89. The summed E-state index contributed by atoms with van der Waals surface area (Å²) < 4.78 is 10.6. The van der Waals surface area contributed by atoms with Gasteiger partial charge in [-0.2, -0.15) is 0 Å². The summed E-state index contributed by atoms with van der Waals surface area (Å²) in [6.45, 7) is 0.295. The van der Waals surface area contributed by atoms with Crippen LogP contribution >= 0.6 is 0 Å². The number of carbonyl (C=O) groups excluding carboxylic acids is 2. The predicted octanol–water partition coefficient (Wildman–Crippen LogP) is 4.10. The molecule has 1 aliphatic heterocycles. The molecule has 0 aliphatic carbocycles. The number of methoxy groups -OCH3 is 2. The van der Waals surface area contributed by atoms with Crippen molar-refractivity contribution in [1.82, 2.24) is 0 Å². The lowest BCUT2D eigenvalue weighted by Gasteiger charge is -2.18. The minimum absolute atomic E-state index is 0.286. The third-order valence-corrected chi connectivity index (χ3v) is 4.87. The van der Waals surface area contributed by atoms with Crippen molar-refractivity contribution in [2.24, 2.45) is 0 Å². The summed E-state index contributed by atoms with van der Waals surface area (Å²) >= 11 is 0. The molecule has 5 heteroatoms. The maximum absolute atomic E-state index is 12.6. The SMILES string of the molecule is COc1cc(OC)c2c(c1)N(Cc1ccc(-c3ccccc3)cc1)C(=O)C2=O. The predicted molar refractivity (Wildman–Crippen MR) is 107 cm³/mol. The molecule has 0 saturated carbocycles. The molecule has 0 aromatic heterocycles. The Bertz CT molecular complexity index is 1040. The van der Waals surface area contributed by atoms with Crippen molar-refractivity contribution in [3.8, 4) is 22.6 Å². The van der Waals surface area contributed by atoms with Gasteiger partial charge in [-0.1, -0.05) is 54.6 Å². The van der Waals surface area contributed by atoms with Gasteiger partial charge < -0.3 is 14.4 Å². The van der Waals surface area contributed by atoms with E-state index in [-0.39, 0.29) is 5.56 Å². The van der Waals surface area contributed by atoms with Gasteiger partial charge in [0.2, 0.25) is 0 Å². The molecule has 1 aliphatic rings. The molecule has 3 aromatic carbocycles. The Morgan fingerprint density at radius 3 is 2.14 bits per heavy atom. The van der Waals surface area contributed by atoms with Gasteiger partial charge >= 0.3 is 0 Å². The van der Waals surface area contributed by atoms with Crippen LogP contribution in [0.4, 0.5) is 5.69 Å². The van der Waals surface area contributed by atoms with Crippen LogP contribution in [-0.4, -0.2) is 25.9 Å². The fourth-order valence-corrected chi connectivity index (χ4v) is 3.41. The molecule has 0 spiro atoms. The van der Waals surface area contributed by atoms with Gasteiger partial charge in [0, 0.05) is 12.1 Å². The van der Waals surface area contributed by atoms with E-state index in [9.17, 15) is 9.59 Å². The molecule has 0 N–H and O–H groups in total. The number of benzene rings is 3. The molecule has 0 unspecified atom stereocenters. The first kappa shape index (κ1) is 17.8. The Labute approximate surface area is 163 Å². The number of ketones is 1. The van der Waals surface area contributed by atoms with E-state index in [0.29, 0.717) is 23.7 Å². The van der Waals surface area contributed by atoms with Crippen LogP contribution in [-0.2, 0) is 11.3 Å². The van der Waals surface area contributed by atoms with Gasteiger partial charge in [-0.05, 0) is 16.7 Å². The minimum atomic E-state index is -0.561. The summed E-state index contributed by atoms with van der Waals surface area (Å²) in [4.78, 5) is 26.6. The van der Waals surface area contributed by atoms with Crippen LogP contribution in [0.25, 0.3) is 11.1 Å². The van der Waals surface area contributed by atoms with Crippen molar-refractivity contribution in [3.63, 3.8) is 0 Å². The third kappa shape index (κ3) is 3.01. The number of rotatable bonds is 5. The van der Waals surface area contributed by atoms with E-state index >= 15 is 0 Å². The molecule has 3 aromatic rings. The molecule has 0 saturated heterocycles. The van der Waals surface area contributed by atoms with Crippen LogP contribution in [0.15, 0.2) is 66.7 Å². The normalized spacial score (nSPS) is 12.9. The Kier molecular flexibility index (Phi) is 4.57. The molecule has 28 heavy (non-hydrogen) atoms. The number of carbonyl (C=O) groups is 2. The van der Waals surface area contributed by atoms with Gasteiger partial charge in [-0.25, -0.2) is 0 Å². The highest BCUT2D eigenvalue weighted by Crippen LogP contribution is 2.40.